The van der Waals surface area contributed by atoms with Gasteiger partial charge in [-0.1, -0.05) is 0 Å². The molecule has 1 N–H and O–H groups in total. The number of hydrogen-bond donors (Lipinski definition) is 1. The summed E-state index contributed by atoms with van der Waals surface area (Å²) in [5.41, 5.74) is -1.86. The maximum Gasteiger partial charge on any atom is 0.381 e. The maximum absolute atomic E-state index is 10.0. The molecule has 5 nitrogen and oxygen atoms in total. The summed E-state index contributed by atoms with van der Waals surface area (Å²) in [5.74, 6) is -1.42. The highest BCUT2D eigenvalue weighted by Crippen LogP contribution is 2.05. The predicted octanol–water partition coefficient (Wildman–Crippen LogP) is 0.126. The molecule has 0 atom stereocenters. The molecule has 0 aliphatic rings. The van der Waals surface area contributed by atoms with Crippen molar-refractivity contribution in [1.82, 2.24) is 0 Å². The maximum atomic E-state index is 10.0. The van der Waals surface area contributed by atoms with Crippen molar-refractivity contribution in [2.45, 2.75) is 19.4 Å². The average Bonchev–Trinajstić information content (AvgIpc) is 1.65. The lowest BCUT2D eigenvalue weighted by Crippen LogP contribution is -2.39. The van der Waals surface area contributed by atoms with Crippen molar-refractivity contribution >= 4 is 5.97 Å². The fraction of sp³-hybridized carbons (Fsp3) is 0.750. The summed E-state index contributed by atoms with van der Waals surface area (Å²) in [6.07, 6.45) is 0. The summed E-state index contributed by atoms with van der Waals surface area (Å²) in [4.78, 5) is 19.1. The number of nitrogens with zero attached hydrogens (tertiary/aromatic N) is 1. The molecule has 0 heterocycles. The Balaban J connectivity index is 4.38. The molecule has 0 unspecified atom stereocenters. The molecule has 0 radical (unpaired) electrons. The summed E-state index contributed by atoms with van der Waals surface area (Å²) in [6.45, 7) is 2.07. The summed E-state index contributed by atoms with van der Waals surface area (Å²) >= 11 is 0. The van der Waals surface area contributed by atoms with Crippen LogP contribution in [0.1, 0.15) is 13.8 Å². The Hall–Kier alpha value is -1.13. The molecule has 52 valence electrons. The fourth-order valence-electron chi connectivity index (χ4n) is 0.0781. The highest BCUT2D eigenvalue weighted by Gasteiger charge is 2.39. The van der Waals surface area contributed by atoms with Crippen LogP contribution in [0, 0.1) is 10.1 Å². The monoisotopic (exact) mass is 133 g/mol. The number of rotatable bonds is 2. The van der Waals surface area contributed by atoms with Gasteiger partial charge in [0, 0.05) is 18.8 Å². The lowest BCUT2D eigenvalue weighted by atomic mass is 10.1. The van der Waals surface area contributed by atoms with E-state index < -0.39 is 16.4 Å². The molecular weight excluding hydrogens is 126 g/mol. The van der Waals surface area contributed by atoms with Crippen molar-refractivity contribution in [3.8, 4) is 0 Å². The summed E-state index contributed by atoms with van der Waals surface area (Å²) in [6, 6.07) is 0. The Morgan fingerprint density at radius 2 is 2.00 bits per heavy atom. The molecule has 0 fully saturated rings. The van der Waals surface area contributed by atoms with E-state index in [9.17, 15) is 14.9 Å². The van der Waals surface area contributed by atoms with Gasteiger partial charge >= 0.3 is 11.5 Å². The normalized spacial score (nSPS) is 10.9. The number of carboxylic acids is 1. The SMILES string of the molecule is CC(C)(C(=O)O)[N+](=O)[O-]. The van der Waals surface area contributed by atoms with Gasteiger partial charge in [-0.3, -0.25) is 10.1 Å². The molecule has 0 amide bonds. The van der Waals surface area contributed by atoms with Crippen LogP contribution in [0.15, 0.2) is 0 Å². The van der Waals surface area contributed by atoms with Gasteiger partial charge in [0.15, 0.2) is 0 Å². The second-order valence-corrected chi connectivity index (χ2v) is 2.12. The first-order chi connectivity index (χ1) is 3.89. The first-order valence-electron chi connectivity index (χ1n) is 2.27. The zero-order valence-corrected chi connectivity index (χ0v) is 5.12. The minimum absolute atomic E-state index is 0.838. The Kier molecular flexibility index (Phi) is 1.75. The lowest BCUT2D eigenvalue weighted by Gasteiger charge is -2.07. The average molecular weight is 133 g/mol. The van der Waals surface area contributed by atoms with Gasteiger partial charge in [-0.2, -0.15) is 0 Å². The van der Waals surface area contributed by atoms with E-state index in [1.807, 2.05) is 0 Å². The predicted molar refractivity (Wildman–Crippen MR) is 28.7 cm³/mol. The van der Waals surface area contributed by atoms with Gasteiger partial charge in [0.25, 0.3) is 0 Å². The van der Waals surface area contributed by atoms with Gasteiger partial charge in [0.2, 0.25) is 0 Å². The van der Waals surface area contributed by atoms with Crippen LogP contribution in [-0.2, 0) is 4.79 Å². The second-order valence-electron chi connectivity index (χ2n) is 2.12. The van der Waals surface area contributed by atoms with E-state index >= 15 is 0 Å². The van der Waals surface area contributed by atoms with E-state index in [1.165, 1.54) is 0 Å². The van der Waals surface area contributed by atoms with Gasteiger partial charge in [0.05, 0.1) is 0 Å². The molecule has 0 aromatic carbocycles. The fourth-order valence-corrected chi connectivity index (χ4v) is 0.0781. The van der Waals surface area contributed by atoms with Crippen LogP contribution < -0.4 is 0 Å². The molecule has 0 spiro atoms. The van der Waals surface area contributed by atoms with Crippen LogP contribution >= 0.6 is 0 Å². The van der Waals surface area contributed by atoms with Crippen molar-refractivity contribution < 1.29 is 14.8 Å². The van der Waals surface area contributed by atoms with E-state index in [0.29, 0.717) is 0 Å². The first kappa shape index (κ1) is 7.87. The van der Waals surface area contributed by atoms with Crippen LogP contribution in [0.4, 0.5) is 0 Å². The second kappa shape index (κ2) is 2.00. The molecule has 0 saturated carbocycles. The van der Waals surface area contributed by atoms with Gasteiger partial charge in [-0.25, -0.2) is 4.79 Å². The van der Waals surface area contributed by atoms with E-state index in [0.717, 1.165) is 13.8 Å². The van der Waals surface area contributed by atoms with Crippen molar-refractivity contribution in [2.75, 3.05) is 0 Å². The third-order valence-corrected chi connectivity index (χ3v) is 0.980. The third kappa shape index (κ3) is 1.38. The van der Waals surface area contributed by atoms with Crippen LogP contribution in [0.2, 0.25) is 0 Å². The minimum atomic E-state index is -1.86. The number of aliphatic carboxylic acids is 1. The van der Waals surface area contributed by atoms with Gasteiger partial charge in [-0.05, 0) is 0 Å². The number of carbonyl (C=O) groups is 1. The molecule has 0 aliphatic heterocycles. The summed E-state index contributed by atoms with van der Waals surface area (Å²) < 4.78 is 0. The van der Waals surface area contributed by atoms with Crippen LogP contribution in [-0.4, -0.2) is 21.5 Å². The van der Waals surface area contributed by atoms with Gasteiger partial charge in [0.1, 0.15) is 0 Å². The smallest absolute Gasteiger partial charge is 0.381 e. The largest absolute Gasteiger partial charge is 0.476 e. The lowest BCUT2D eigenvalue weighted by molar-refractivity contribution is -0.545. The molecule has 0 bridgehead atoms. The zero-order chi connectivity index (χ0) is 7.65. The molecule has 0 saturated heterocycles. The molecule has 9 heavy (non-hydrogen) atoms. The molecule has 0 aromatic heterocycles. The number of hydrogen-bond acceptors (Lipinski definition) is 3. The van der Waals surface area contributed by atoms with Crippen LogP contribution in [0.5, 0.6) is 0 Å². The van der Waals surface area contributed by atoms with E-state index in [2.05, 4.69) is 0 Å². The van der Waals surface area contributed by atoms with E-state index in [4.69, 9.17) is 5.11 Å². The van der Waals surface area contributed by atoms with Crippen molar-refractivity contribution in [3.63, 3.8) is 0 Å². The molecule has 0 aliphatic carbocycles. The summed E-state index contributed by atoms with van der Waals surface area (Å²) in [5, 5.41) is 18.1. The van der Waals surface area contributed by atoms with Crippen molar-refractivity contribution in [3.05, 3.63) is 10.1 Å². The topological polar surface area (TPSA) is 80.4 Å². The van der Waals surface area contributed by atoms with E-state index in [1.54, 1.807) is 0 Å². The highest BCUT2D eigenvalue weighted by molar-refractivity contribution is 5.75. The number of carboxylic acid groups (broad SMARTS) is 1. The van der Waals surface area contributed by atoms with Crippen LogP contribution in [0.25, 0.3) is 0 Å². The van der Waals surface area contributed by atoms with Gasteiger partial charge in [-0.15, -0.1) is 0 Å². The van der Waals surface area contributed by atoms with E-state index in [-0.39, 0.29) is 0 Å². The zero-order valence-electron chi connectivity index (χ0n) is 5.12. The molecule has 0 aromatic rings. The van der Waals surface area contributed by atoms with Crippen LogP contribution in [0.3, 0.4) is 0 Å². The van der Waals surface area contributed by atoms with Crippen molar-refractivity contribution in [2.24, 2.45) is 0 Å². The highest BCUT2D eigenvalue weighted by atomic mass is 16.6. The quantitative estimate of drug-likeness (QED) is 0.428. The minimum Gasteiger partial charge on any atom is -0.476 e. The Morgan fingerprint density at radius 3 is 2.00 bits per heavy atom. The standard InChI is InChI=1S/C4H7NO4/c1-4(2,3(6)7)5(8)9/h1-2H3,(H,6,7). The molecule has 5 heteroatoms. The van der Waals surface area contributed by atoms with Gasteiger partial charge < -0.3 is 5.11 Å². The Morgan fingerprint density at radius 1 is 1.67 bits per heavy atom. The molecule has 0 rings (SSSR count). The van der Waals surface area contributed by atoms with Crippen molar-refractivity contribution in [1.29, 1.82) is 0 Å². The molecular formula is C4H7NO4. The first-order valence-corrected chi connectivity index (χ1v) is 2.27. The Labute approximate surface area is 51.4 Å². The summed E-state index contributed by atoms with van der Waals surface area (Å²) in [7, 11) is 0. The number of nitro groups is 1. The third-order valence-electron chi connectivity index (χ3n) is 0.980. The Bertz CT molecular complexity index is 135.